The van der Waals surface area contributed by atoms with Gasteiger partial charge in [0.15, 0.2) is 0 Å². The molecule has 6 nitrogen and oxygen atoms in total. The predicted octanol–water partition coefficient (Wildman–Crippen LogP) is 2.78. The summed E-state index contributed by atoms with van der Waals surface area (Å²) >= 11 is 0. The van der Waals surface area contributed by atoms with E-state index in [1.165, 1.54) is 19.1 Å². The number of hydrogen-bond acceptors (Lipinski definition) is 4. The Balaban J connectivity index is 2.36. The third kappa shape index (κ3) is 3.62. The van der Waals surface area contributed by atoms with Crippen LogP contribution < -0.4 is 14.4 Å². The summed E-state index contributed by atoms with van der Waals surface area (Å²) in [5, 5.41) is 9.44. The summed E-state index contributed by atoms with van der Waals surface area (Å²) in [7, 11) is 3.04. The van der Waals surface area contributed by atoms with Crippen LogP contribution in [0, 0.1) is 0 Å². The molecule has 0 atom stereocenters. The van der Waals surface area contributed by atoms with E-state index in [-0.39, 0.29) is 6.54 Å². The molecule has 0 aliphatic heterocycles. The highest BCUT2D eigenvalue weighted by Crippen LogP contribution is 2.29. The van der Waals surface area contributed by atoms with Gasteiger partial charge in [-0.05, 0) is 17.7 Å². The average molecular weight is 288 g/mol. The van der Waals surface area contributed by atoms with Crippen molar-refractivity contribution in [2.75, 3.05) is 19.1 Å². The van der Waals surface area contributed by atoms with Crippen molar-refractivity contribution in [3.05, 3.63) is 48.3 Å². The molecule has 0 bridgehead atoms. The Morgan fingerprint density at radius 2 is 1.71 bits per heavy atom. The van der Waals surface area contributed by atoms with E-state index in [4.69, 9.17) is 9.47 Å². The smallest absolute Gasteiger partial charge is 0.412 e. The number of nitrogens with zero attached hydrogens (tertiary/aromatic N) is 2. The molecule has 0 unspecified atom stereocenters. The van der Waals surface area contributed by atoms with Gasteiger partial charge in [0.2, 0.25) is 0 Å². The van der Waals surface area contributed by atoms with Crippen molar-refractivity contribution in [2.45, 2.75) is 6.54 Å². The molecule has 2 aromatic rings. The number of ether oxygens (including phenoxy) is 2. The lowest BCUT2D eigenvalue weighted by molar-refractivity contribution is 0.201. The van der Waals surface area contributed by atoms with Gasteiger partial charge in [-0.15, -0.1) is 0 Å². The first-order valence-electron chi connectivity index (χ1n) is 6.26. The molecule has 1 heterocycles. The maximum absolute atomic E-state index is 11.5. The van der Waals surface area contributed by atoms with Gasteiger partial charge in [-0.2, -0.15) is 0 Å². The SMILES string of the molecule is COc1cc(OC)cc(N(Cc2ccncc2)C(=O)O)c1. The molecule has 6 heteroatoms. The zero-order valence-corrected chi connectivity index (χ0v) is 11.8. The molecule has 0 spiro atoms. The topological polar surface area (TPSA) is 71.9 Å². The Hall–Kier alpha value is -2.76. The zero-order valence-electron chi connectivity index (χ0n) is 11.8. The molecule has 2 rings (SSSR count). The van der Waals surface area contributed by atoms with Crippen molar-refractivity contribution in [1.29, 1.82) is 0 Å². The van der Waals surface area contributed by atoms with Crippen LogP contribution >= 0.6 is 0 Å². The first-order chi connectivity index (χ1) is 10.1. The fraction of sp³-hybridized carbons (Fsp3) is 0.200. The molecule has 0 fully saturated rings. The third-order valence-electron chi connectivity index (χ3n) is 2.97. The van der Waals surface area contributed by atoms with Gasteiger partial charge in [0.1, 0.15) is 11.5 Å². The second kappa shape index (κ2) is 6.60. The highest BCUT2D eigenvalue weighted by molar-refractivity contribution is 5.86. The Morgan fingerprint density at radius 1 is 1.14 bits per heavy atom. The Bertz CT molecular complexity index is 594. The van der Waals surface area contributed by atoms with Crippen molar-refractivity contribution in [3.8, 4) is 11.5 Å². The number of benzene rings is 1. The number of anilines is 1. The van der Waals surface area contributed by atoms with Gasteiger partial charge in [-0.1, -0.05) is 0 Å². The van der Waals surface area contributed by atoms with Crippen molar-refractivity contribution in [2.24, 2.45) is 0 Å². The van der Waals surface area contributed by atoms with Gasteiger partial charge >= 0.3 is 6.09 Å². The number of methoxy groups -OCH3 is 2. The molecule has 1 N–H and O–H groups in total. The largest absolute Gasteiger partial charge is 0.497 e. The van der Waals surface area contributed by atoms with Crippen molar-refractivity contribution >= 4 is 11.8 Å². The number of carboxylic acid groups (broad SMARTS) is 1. The normalized spacial score (nSPS) is 10.0. The summed E-state index contributed by atoms with van der Waals surface area (Å²) in [5.41, 5.74) is 1.32. The minimum Gasteiger partial charge on any atom is -0.497 e. The van der Waals surface area contributed by atoms with Crippen molar-refractivity contribution in [1.82, 2.24) is 4.98 Å². The monoisotopic (exact) mass is 288 g/mol. The molecule has 0 saturated heterocycles. The third-order valence-corrected chi connectivity index (χ3v) is 2.97. The summed E-state index contributed by atoms with van der Waals surface area (Å²) in [6.45, 7) is 0.216. The molecular formula is C15H16N2O4. The molecular weight excluding hydrogens is 272 g/mol. The number of aromatic nitrogens is 1. The highest BCUT2D eigenvalue weighted by Gasteiger charge is 2.17. The predicted molar refractivity (Wildman–Crippen MR) is 78.0 cm³/mol. The Kier molecular flexibility index (Phi) is 4.61. The van der Waals surface area contributed by atoms with Gasteiger partial charge in [0.25, 0.3) is 0 Å². The molecule has 0 aliphatic carbocycles. The average Bonchev–Trinajstić information content (AvgIpc) is 2.52. The molecule has 0 aliphatic rings. The van der Waals surface area contributed by atoms with E-state index in [1.807, 2.05) is 0 Å². The van der Waals surface area contributed by atoms with Crippen LogP contribution in [0.5, 0.6) is 11.5 Å². The van der Waals surface area contributed by atoms with Crippen molar-refractivity contribution in [3.63, 3.8) is 0 Å². The lowest BCUT2D eigenvalue weighted by atomic mass is 10.2. The minimum atomic E-state index is -1.05. The quantitative estimate of drug-likeness (QED) is 0.916. The van der Waals surface area contributed by atoms with Crippen LogP contribution in [0.3, 0.4) is 0 Å². The van der Waals surface area contributed by atoms with Gasteiger partial charge in [-0.3, -0.25) is 9.88 Å². The second-order valence-electron chi connectivity index (χ2n) is 4.30. The van der Waals surface area contributed by atoms with Gasteiger partial charge < -0.3 is 14.6 Å². The van der Waals surface area contributed by atoms with Crippen LogP contribution in [0.2, 0.25) is 0 Å². The van der Waals surface area contributed by atoms with Crippen LogP contribution in [-0.4, -0.2) is 30.4 Å². The van der Waals surface area contributed by atoms with E-state index in [0.717, 1.165) is 5.56 Å². The number of pyridine rings is 1. The fourth-order valence-electron chi connectivity index (χ4n) is 1.89. The van der Waals surface area contributed by atoms with Crippen LogP contribution in [0.1, 0.15) is 5.56 Å². The maximum Gasteiger partial charge on any atom is 0.412 e. The van der Waals surface area contributed by atoms with Crippen LogP contribution in [0.25, 0.3) is 0 Å². The molecule has 1 aromatic heterocycles. The maximum atomic E-state index is 11.5. The van der Waals surface area contributed by atoms with Crippen LogP contribution in [-0.2, 0) is 6.54 Å². The van der Waals surface area contributed by atoms with Crippen LogP contribution in [0.15, 0.2) is 42.7 Å². The highest BCUT2D eigenvalue weighted by atomic mass is 16.5. The summed E-state index contributed by atoms with van der Waals surface area (Å²) in [5.74, 6) is 1.07. The second-order valence-corrected chi connectivity index (χ2v) is 4.30. The van der Waals surface area contributed by atoms with Gasteiger partial charge in [0, 0.05) is 30.6 Å². The van der Waals surface area contributed by atoms with E-state index < -0.39 is 6.09 Å². The van der Waals surface area contributed by atoms with E-state index in [0.29, 0.717) is 17.2 Å². The summed E-state index contributed by atoms with van der Waals surface area (Å²) < 4.78 is 10.3. The van der Waals surface area contributed by atoms with Crippen LogP contribution in [0.4, 0.5) is 10.5 Å². The summed E-state index contributed by atoms with van der Waals surface area (Å²) in [6.07, 6.45) is 2.20. The summed E-state index contributed by atoms with van der Waals surface area (Å²) in [4.78, 5) is 16.7. The Morgan fingerprint density at radius 3 is 2.19 bits per heavy atom. The number of carbonyl (C=O) groups is 1. The molecule has 0 radical (unpaired) electrons. The van der Waals surface area contributed by atoms with Crippen molar-refractivity contribution < 1.29 is 19.4 Å². The molecule has 110 valence electrons. The number of rotatable bonds is 5. The minimum absolute atomic E-state index is 0.216. The molecule has 21 heavy (non-hydrogen) atoms. The summed E-state index contributed by atoms with van der Waals surface area (Å²) in [6, 6.07) is 8.53. The standard InChI is InChI=1S/C15H16N2O4/c1-20-13-7-12(8-14(9-13)21-2)17(15(18)19)10-11-3-5-16-6-4-11/h3-9H,10H2,1-2H3,(H,18,19). The van der Waals surface area contributed by atoms with Gasteiger partial charge in [0.05, 0.1) is 26.5 Å². The van der Waals surface area contributed by atoms with E-state index in [1.54, 1.807) is 42.7 Å². The van der Waals surface area contributed by atoms with E-state index in [2.05, 4.69) is 4.98 Å². The zero-order chi connectivity index (χ0) is 15.2. The first kappa shape index (κ1) is 14.6. The lowest BCUT2D eigenvalue weighted by Crippen LogP contribution is -2.28. The molecule has 1 amide bonds. The van der Waals surface area contributed by atoms with E-state index >= 15 is 0 Å². The number of amides is 1. The number of hydrogen-bond donors (Lipinski definition) is 1. The lowest BCUT2D eigenvalue weighted by Gasteiger charge is -2.20. The molecule has 0 saturated carbocycles. The van der Waals surface area contributed by atoms with Gasteiger partial charge in [-0.25, -0.2) is 4.79 Å². The van der Waals surface area contributed by atoms with E-state index in [9.17, 15) is 9.90 Å². The molecule has 1 aromatic carbocycles. The Labute approximate surface area is 122 Å². The fourth-order valence-corrected chi connectivity index (χ4v) is 1.89. The first-order valence-corrected chi connectivity index (χ1v) is 6.26.